The predicted octanol–water partition coefficient (Wildman–Crippen LogP) is 6.05. The number of benzene rings is 2. The summed E-state index contributed by atoms with van der Waals surface area (Å²) in [6.45, 7) is 0. The fourth-order valence-corrected chi connectivity index (χ4v) is 4.88. The molecule has 0 unspecified atom stereocenters. The topological polar surface area (TPSA) is 171 Å². The Morgan fingerprint density at radius 1 is 0.711 bits per heavy atom. The number of methoxy groups -OCH3 is 2. The summed E-state index contributed by atoms with van der Waals surface area (Å²) >= 11 is 2.94. The highest BCUT2D eigenvalue weighted by Crippen LogP contribution is 2.28. The highest BCUT2D eigenvalue weighted by Gasteiger charge is 2.02. The minimum atomic E-state index is -0.740. The number of carbonyl (C=O) groups is 2. The minimum absolute atomic E-state index is 0.245. The maximum absolute atomic E-state index is 10.1. The van der Waals surface area contributed by atoms with E-state index in [4.69, 9.17) is 31.2 Å². The van der Waals surface area contributed by atoms with Crippen LogP contribution in [0.25, 0.3) is 20.4 Å². The number of carboxylic acid groups (broad SMARTS) is 2. The molecule has 0 spiro atoms. The van der Waals surface area contributed by atoms with E-state index in [2.05, 4.69) is 9.97 Å². The maximum atomic E-state index is 10.1. The van der Waals surface area contributed by atoms with Gasteiger partial charge in [0.25, 0.3) is 0 Å². The van der Waals surface area contributed by atoms with Gasteiger partial charge in [-0.2, -0.15) is 0 Å². The molecule has 2 aromatic carbocycles. The Kier molecular flexibility index (Phi) is 13.1. The van der Waals surface area contributed by atoms with Crippen molar-refractivity contribution in [3.05, 3.63) is 36.4 Å². The Balaban J connectivity index is 0.000000200. The fourth-order valence-electron chi connectivity index (χ4n) is 3.36. The van der Waals surface area contributed by atoms with E-state index in [0.717, 1.165) is 70.5 Å². The smallest absolute Gasteiger partial charge is 0.303 e. The first-order chi connectivity index (χ1) is 18.2. The number of fused-ring (bicyclic) bond motifs is 2. The molecule has 0 aliphatic rings. The van der Waals surface area contributed by atoms with Crippen LogP contribution in [0.4, 0.5) is 10.3 Å². The molecule has 0 atom stereocenters. The summed E-state index contributed by atoms with van der Waals surface area (Å²) in [7, 11) is 3.29. The van der Waals surface area contributed by atoms with Crippen molar-refractivity contribution in [2.24, 2.45) is 0 Å². The molecule has 0 saturated heterocycles. The van der Waals surface area contributed by atoms with Crippen LogP contribution in [0.3, 0.4) is 0 Å². The van der Waals surface area contributed by atoms with Gasteiger partial charge in [0.1, 0.15) is 11.5 Å². The normalized spacial score (nSPS) is 10.3. The molecule has 10 nitrogen and oxygen atoms in total. The summed E-state index contributed by atoms with van der Waals surface area (Å²) in [4.78, 5) is 28.5. The molecule has 2 heterocycles. The number of nitrogens with zero attached hydrogens (tertiary/aromatic N) is 2. The van der Waals surface area contributed by atoms with E-state index in [9.17, 15) is 9.59 Å². The van der Waals surface area contributed by atoms with Crippen LogP contribution < -0.4 is 20.9 Å². The van der Waals surface area contributed by atoms with Crippen LogP contribution in [0, 0.1) is 0 Å². The van der Waals surface area contributed by atoms with Crippen molar-refractivity contribution in [2.45, 2.75) is 51.4 Å². The Labute approximate surface area is 229 Å². The predicted molar refractivity (Wildman–Crippen MR) is 153 cm³/mol. The number of hydrogen-bond donors (Lipinski definition) is 4. The quantitative estimate of drug-likeness (QED) is 0.158. The van der Waals surface area contributed by atoms with Gasteiger partial charge in [-0.25, -0.2) is 9.97 Å². The molecule has 0 radical (unpaired) electrons. The second-order valence-corrected chi connectivity index (χ2v) is 10.3. The van der Waals surface area contributed by atoms with Crippen LogP contribution in [0.5, 0.6) is 11.5 Å². The van der Waals surface area contributed by atoms with Crippen LogP contribution in [0.2, 0.25) is 0 Å². The zero-order valence-corrected chi connectivity index (χ0v) is 23.1. The molecule has 0 aliphatic carbocycles. The SMILES string of the molecule is COc1ccc2nc(N)sc2c1.COc1ccc2nc(N)sc2c1.O=C(O)CCCCCCCCC(=O)O. The minimum Gasteiger partial charge on any atom is -0.497 e. The Morgan fingerprint density at radius 2 is 1.08 bits per heavy atom. The molecule has 4 rings (SSSR count). The van der Waals surface area contributed by atoms with Crippen molar-refractivity contribution in [3.8, 4) is 11.5 Å². The lowest BCUT2D eigenvalue weighted by molar-refractivity contribution is -0.138. The van der Waals surface area contributed by atoms with Gasteiger partial charge in [0, 0.05) is 12.8 Å². The van der Waals surface area contributed by atoms with Gasteiger partial charge in [-0.05, 0) is 49.2 Å². The number of aromatic nitrogens is 2. The van der Waals surface area contributed by atoms with Gasteiger partial charge < -0.3 is 31.2 Å². The molecular weight excluding hydrogens is 528 g/mol. The molecule has 6 N–H and O–H groups in total. The molecule has 0 aliphatic heterocycles. The molecule has 4 aromatic rings. The van der Waals surface area contributed by atoms with Crippen molar-refractivity contribution in [1.29, 1.82) is 0 Å². The number of nitrogen functional groups attached to an aromatic ring is 2. The van der Waals surface area contributed by atoms with E-state index in [-0.39, 0.29) is 12.8 Å². The summed E-state index contributed by atoms with van der Waals surface area (Å²) in [6, 6.07) is 11.4. The lowest BCUT2D eigenvalue weighted by atomic mass is 10.1. The van der Waals surface area contributed by atoms with E-state index in [0.29, 0.717) is 10.3 Å². The summed E-state index contributed by atoms with van der Waals surface area (Å²) in [5.74, 6) is 0.198. The van der Waals surface area contributed by atoms with Crippen molar-refractivity contribution in [3.63, 3.8) is 0 Å². The van der Waals surface area contributed by atoms with Gasteiger partial charge in [-0.3, -0.25) is 9.59 Å². The average Bonchev–Trinajstić information content (AvgIpc) is 3.45. The van der Waals surface area contributed by atoms with Crippen LogP contribution in [0.15, 0.2) is 36.4 Å². The standard InChI is InChI=1S/C10H18O4.2C8H8N2OS/c11-9(12)7-5-3-1-2-4-6-8-10(13)14;2*1-11-5-2-3-6-7(4-5)12-8(9)10-6/h1-8H2,(H,11,12)(H,13,14);2*2-4H,1H3,(H2,9,10). The number of hydrogen-bond acceptors (Lipinski definition) is 10. The van der Waals surface area contributed by atoms with Crippen LogP contribution in [-0.2, 0) is 9.59 Å². The van der Waals surface area contributed by atoms with Crippen molar-refractivity contribution >= 4 is 65.3 Å². The third-order valence-electron chi connectivity index (χ3n) is 5.26. The van der Waals surface area contributed by atoms with Crippen molar-refractivity contribution in [2.75, 3.05) is 25.7 Å². The van der Waals surface area contributed by atoms with E-state index in [1.807, 2.05) is 36.4 Å². The van der Waals surface area contributed by atoms with Gasteiger partial charge in [0.2, 0.25) is 0 Å². The van der Waals surface area contributed by atoms with Crippen molar-refractivity contribution < 1.29 is 29.3 Å². The maximum Gasteiger partial charge on any atom is 0.303 e. The summed E-state index contributed by atoms with van der Waals surface area (Å²) in [5.41, 5.74) is 13.0. The van der Waals surface area contributed by atoms with Crippen LogP contribution in [-0.4, -0.2) is 46.3 Å². The Bertz CT molecular complexity index is 1210. The van der Waals surface area contributed by atoms with E-state index in [1.165, 1.54) is 22.7 Å². The molecule has 0 saturated carbocycles. The molecule has 2 aromatic heterocycles. The number of rotatable bonds is 11. The summed E-state index contributed by atoms with van der Waals surface area (Å²) in [5, 5.41) is 17.9. The van der Waals surface area contributed by atoms with Crippen LogP contribution >= 0.6 is 22.7 Å². The number of anilines is 2. The van der Waals surface area contributed by atoms with Gasteiger partial charge in [-0.1, -0.05) is 48.4 Å². The van der Waals surface area contributed by atoms with E-state index >= 15 is 0 Å². The molecule has 38 heavy (non-hydrogen) atoms. The van der Waals surface area contributed by atoms with Gasteiger partial charge >= 0.3 is 11.9 Å². The molecule has 0 amide bonds. The van der Waals surface area contributed by atoms with Gasteiger partial charge in [0.15, 0.2) is 10.3 Å². The lowest BCUT2D eigenvalue weighted by Crippen LogP contribution is -1.94. The molecule has 0 bridgehead atoms. The third kappa shape index (κ3) is 11.2. The van der Waals surface area contributed by atoms with Gasteiger partial charge in [0.05, 0.1) is 34.7 Å². The number of aliphatic carboxylic acids is 2. The van der Waals surface area contributed by atoms with Crippen LogP contribution in [0.1, 0.15) is 51.4 Å². The number of carboxylic acids is 2. The zero-order valence-electron chi connectivity index (χ0n) is 21.5. The Morgan fingerprint density at radius 3 is 1.42 bits per heavy atom. The average molecular weight is 563 g/mol. The molecular formula is C26H34N4O6S2. The molecule has 206 valence electrons. The first kappa shape index (κ1) is 30.6. The van der Waals surface area contributed by atoms with Crippen molar-refractivity contribution in [1.82, 2.24) is 9.97 Å². The summed E-state index contributed by atoms with van der Waals surface area (Å²) in [6.07, 6.45) is 5.82. The first-order valence-electron chi connectivity index (χ1n) is 12.1. The number of nitrogens with two attached hydrogens (primary N) is 2. The Hall–Kier alpha value is -3.64. The number of unbranched alkanes of at least 4 members (excludes halogenated alkanes) is 5. The number of thiazole rings is 2. The van der Waals surface area contributed by atoms with E-state index < -0.39 is 11.9 Å². The van der Waals surface area contributed by atoms with Gasteiger partial charge in [-0.15, -0.1) is 0 Å². The summed E-state index contributed by atoms with van der Waals surface area (Å²) < 4.78 is 12.3. The second kappa shape index (κ2) is 16.3. The second-order valence-electron chi connectivity index (χ2n) is 8.18. The highest BCUT2D eigenvalue weighted by atomic mass is 32.1. The number of ether oxygens (including phenoxy) is 2. The monoisotopic (exact) mass is 562 g/mol. The fraction of sp³-hybridized carbons (Fsp3) is 0.385. The largest absolute Gasteiger partial charge is 0.497 e. The highest BCUT2D eigenvalue weighted by molar-refractivity contribution is 7.22. The molecule has 12 heteroatoms. The lowest BCUT2D eigenvalue weighted by Gasteiger charge is -1.98. The van der Waals surface area contributed by atoms with E-state index in [1.54, 1.807) is 14.2 Å². The molecule has 0 fully saturated rings. The third-order valence-corrected chi connectivity index (χ3v) is 6.95. The zero-order chi connectivity index (χ0) is 27.9. The first-order valence-corrected chi connectivity index (χ1v) is 13.7.